The van der Waals surface area contributed by atoms with Crippen molar-refractivity contribution in [3.63, 3.8) is 0 Å². The Kier molecular flexibility index (Phi) is 8.33. The molecule has 166 valence electrons. The summed E-state index contributed by atoms with van der Waals surface area (Å²) in [6.07, 6.45) is 0.932. The quantitative estimate of drug-likeness (QED) is 0.524. The average Bonchev–Trinajstić information content (AvgIpc) is 2.68. The predicted molar refractivity (Wildman–Crippen MR) is 110 cm³/mol. The van der Waals surface area contributed by atoms with Gasteiger partial charge in [-0.2, -0.15) is 4.31 Å². The summed E-state index contributed by atoms with van der Waals surface area (Å²) in [7, 11) is -2.27. The van der Waals surface area contributed by atoms with Crippen molar-refractivity contribution in [2.24, 2.45) is 0 Å². The highest BCUT2D eigenvalue weighted by molar-refractivity contribution is 7.89. The number of nitrogens with one attached hydrogen (secondary N) is 3. The lowest BCUT2D eigenvalue weighted by atomic mass is 10.1. The van der Waals surface area contributed by atoms with Crippen LogP contribution in [0.15, 0.2) is 29.2 Å². The Morgan fingerprint density at radius 2 is 1.77 bits per heavy atom. The number of piperidine rings is 1. The number of ether oxygens (including phenoxy) is 1. The number of amides is 3. The Hall–Kier alpha value is -2.50. The zero-order valence-corrected chi connectivity index (χ0v) is 18.1. The molecule has 30 heavy (non-hydrogen) atoms. The van der Waals surface area contributed by atoms with Gasteiger partial charge in [0.05, 0.1) is 4.90 Å². The molecular formula is C19H28N4O6S. The van der Waals surface area contributed by atoms with Crippen molar-refractivity contribution in [3.05, 3.63) is 24.3 Å². The van der Waals surface area contributed by atoms with Crippen LogP contribution in [0.4, 0.5) is 5.69 Å². The van der Waals surface area contributed by atoms with Crippen molar-refractivity contribution < 1.29 is 27.5 Å². The fraction of sp³-hybridized carbons (Fsp3) is 0.526. The van der Waals surface area contributed by atoms with Crippen LogP contribution in [0.25, 0.3) is 0 Å². The summed E-state index contributed by atoms with van der Waals surface area (Å²) < 4.78 is 31.8. The molecule has 1 aromatic carbocycles. The monoisotopic (exact) mass is 440 g/mol. The summed E-state index contributed by atoms with van der Waals surface area (Å²) in [6.45, 7) is 3.37. The maximum atomic E-state index is 12.8. The predicted octanol–water partition coefficient (Wildman–Crippen LogP) is 0.0654. The Labute approximate surface area is 176 Å². The molecule has 2 rings (SSSR count). The highest BCUT2D eigenvalue weighted by Crippen LogP contribution is 2.22. The number of carbonyl (C=O) groups excluding carboxylic acids is 3. The van der Waals surface area contributed by atoms with Crippen LogP contribution in [0.5, 0.6) is 0 Å². The Bertz CT molecular complexity index is 864. The molecule has 11 heteroatoms. The van der Waals surface area contributed by atoms with Crippen molar-refractivity contribution in [2.45, 2.75) is 43.7 Å². The highest BCUT2D eigenvalue weighted by atomic mass is 32.2. The van der Waals surface area contributed by atoms with Gasteiger partial charge in [-0.3, -0.25) is 14.4 Å². The maximum Gasteiger partial charge on any atom is 0.246 e. The number of carbonyl (C=O) groups is 3. The minimum atomic E-state index is -3.66. The van der Waals surface area contributed by atoms with E-state index in [4.69, 9.17) is 4.74 Å². The first kappa shape index (κ1) is 23.8. The lowest BCUT2D eigenvalue weighted by molar-refractivity contribution is -0.131. The van der Waals surface area contributed by atoms with E-state index in [2.05, 4.69) is 16.0 Å². The summed E-state index contributed by atoms with van der Waals surface area (Å²) in [5, 5.41) is 7.97. The number of anilines is 1. The first-order chi connectivity index (χ1) is 14.1. The summed E-state index contributed by atoms with van der Waals surface area (Å²) in [5.74, 6) is -0.942. The molecule has 0 aromatic heterocycles. The van der Waals surface area contributed by atoms with Crippen molar-refractivity contribution >= 4 is 33.4 Å². The molecule has 0 spiro atoms. The van der Waals surface area contributed by atoms with E-state index >= 15 is 0 Å². The fourth-order valence-corrected chi connectivity index (χ4v) is 4.58. The van der Waals surface area contributed by atoms with E-state index < -0.39 is 16.1 Å². The van der Waals surface area contributed by atoms with Gasteiger partial charge in [-0.1, -0.05) is 0 Å². The second-order valence-corrected chi connectivity index (χ2v) is 9.05. The second-order valence-electron chi connectivity index (χ2n) is 7.11. The molecule has 1 aliphatic rings. The van der Waals surface area contributed by atoms with Crippen LogP contribution in [-0.2, 0) is 29.1 Å². The van der Waals surface area contributed by atoms with Gasteiger partial charge in [0.15, 0.2) is 0 Å². The number of hydrogen-bond donors (Lipinski definition) is 3. The first-order valence-electron chi connectivity index (χ1n) is 9.60. The molecule has 0 saturated carbocycles. The number of rotatable bonds is 8. The molecule has 1 saturated heterocycles. The van der Waals surface area contributed by atoms with Gasteiger partial charge in [-0.15, -0.1) is 0 Å². The van der Waals surface area contributed by atoms with Crippen LogP contribution >= 0.6 is 0 Å². The molecule has 1 fully saturated rings. The highest BCUT2D eigenvalue weighted by Gasteiger charge is 2.30. The summed E-state index contributed by atoms with van der Waals surface area (Å²) in [4.78, 5) is 35.0. The SMILES string of the molecule is COCC(=O)N[C@@H](C)C(=O)NC1CCN(S(=O)(=O)c2ccc(NC(C)=O)cc2)CC1. The first-order valence-corrected chi connectivity index (χ1v) is 11.0. The largest absolute Gasteiger partial charge is 0.375 e. The minimum Gasteiger partial charge on any atom is -0.375 e. The van der Waals surface area contributed by atoms with E-state index in [1.165, 1.54) is 30.5 Å². The number of sulfonamides is 1. The normalized spacial score (nSPS) is 16.5. The second kappa shape index (κ2) is 10.5. The summed E-state index contributed by atoms with van der Waals surface area (Å²) >= 11 is 0. The van der Waals surface area contributed by atoms with Crippen LogP contribution in [-0.4, -0.2) is 69.3 Å². The fourth-order valence-electron chi connectivity index (χ4n) is 3.11. The molecule has 3 amide bonds. The smallest absolute Gasteiger partial charge is 0.246 e. The van der Waals surface area contributed by atoms with Gasteiger partial charge < -0.3 is 20.7 Å². The third-order valence-electron chi connectivity index (χ3n) is 4.66. The molecule has 0 radical (unpaired) electrons. The molecular weight excluding hydrogens is 412 g/mol. The molecule has 3 N–H and O–H groups in total. The zero-order chi connectivity index (χ0) is 22.3. The lowest BCUT2D eigenvalue weighted by Gasteiger charge is -2.32. The van der Waals surface area contributed by atoms with Gasteiger partial charge in [0, 0.05) is 38.9 Å². The van der Waals surface area contributed by atoms with Crippen LogP contribution in [0.3, 0.4) is 0 Å². The van der Waals surface area contributed by atoms with Gasteiger partial charge in [-0.05, 0) is 44.0 Å². The Morgan fingerprint density at radius 1 is 1.17 bits per heavy atom. The van der Waals surface area contributed by atoms with Gasteiger partial charge in [0.25, 0.3) is 0 Å². The number of methoxy groups -OCH3 is 1. The van der Waals surface area contributed by atoms with Gasteiger partial charge >= 0.3 is 0 Å². The van der Waals surface area contributed by atoms with Crippen LogP contribution in [0.1, 0.15) is 26.7 Å². The number of benzene rings is 1. The van der Waals surface area contributed by atoms with Crippen LogP contribution < -0.4 is 16.0 Å². The molecule has 1 atom stereocenters. The Morgan fingerprint density at radius 3 is 2.30 bits per heavy atom. The van der Waals surface area contributed by atoms with Crippen LogP contribution in [0, 0.1) is 0 Å². The molecule has 0 bridgehead atoms. The van der Waals surface area contributed by atoms with Crippen molar-refractivity contribution in [3.8, 4) is 0 Å². The third kappa shape index (κ3) is 6.51. The minimum absolute atomic E-state index is 0.125. The standard InChI is InChI=1S/C19H28N4O6S/c1-13(20-18(25)12-29-3)19(26)22-16-8-10-23(11-9-16)30(27,28)17-6-4-15(5-7-17)21-14(2)24/h4-7,13,16H,8-12H2,1-3H3,(H,20,25)(H,21,24)(H,22,26)/t13-/m0/s1. The molecule has 1 aliphatic heterocycles. The Balaban J connectivity index is 1.89. The zero-order valence-electron chi connectivity index (χ0n) is 17.3. The van der Waals surface area contributed by atoms with E-state index in [0.29, 0.717) is 18.5 Å². The molecule has 0 aliphatic carbocycles. The van der Waals surface area contributed by atoms with Crippen molar-refractivity contribution in [2.75, 3.05) is 32.1 Å². The molecule has 1 heterocycles. The maximum absolute atomic E-state index is 12.8. The molecule has 0 unspecified atom stereocenters. The van der Waals surface area contributed by atoms with E-state index in [9.17, 15) is 22.8 Å². The number of hydrogen-bond acceptors (Lipinski definition) is 6. The third-order valence-corrected chi connectivity index (χ3v) is 6.57. The average molecular weight is 441 g/mol. The van der Waals surface area contributed by atoms with Crippen molar-refractivity contribution in [1.82, 2.24) is 14.9 Å². The molecule has 1 aromatic rings. The van der Waals surface area contributed by atoms with E-state index in [0.717, 1.165) is 0 Å². The van der Waals surface area contributed by atoms with E-state index in [1.807, 2.05) is 0 Å². The molecule has 10 nitrogen and oxygen atoms in total. The van der Waals surface area contributed by atoms with Gasteiger partial charge in [0.2, 0.25) is 27.7 Å². The van der Waals surface area contributed by atoms with Crippen molar-refractivity contribution in [1.29, 1.82) is 0 Å². The van der Waals surface area contributed by atoms with E-state index in [-0.39, 0.29) is 48.4 Å². The van der Waals surface area contributed by atoms with E-state index in [1.54, 1.807) is 19.1 Å². The van der Waals surface area contributed by atoms with Gasteiger partial charge in [0.1, 0.15) is 12.6 Å². The summed E-state index contributed by atoms with van der Waals surface area (Å²) in [5.41, 5.74) is 0.523. The van der Waals surface area contributed by atoms with Crippen LogP contribution in [0.2, 0.25) is 0 Å². The lowest BCUT2D eigenvalue weighted by Crippen LogP contribution is -2.52. The number of nitrogens with zero attached hydrogens (tertiary/aromatic N) is 1. The summed E-state index contributed by atoms with van der Waals surface area (Å²) in [6, 6.07) is 5.11. The van der Waals surface area contributed by atoms with Gasteiger partial charge in [-0.25, -0.2) is 8.42 Å². The topological polar surface area (TPSA) is 134 Å².